The summed E-state index contributed by atoms with van der Waals surface area (Å²) in [6.45, 7) is 3.12. The third kappa shape index (κ3) is 1.23. The summed E-state index contributed by atoms with van der Waals surface area (Å²) in [4.78, 5) is 0. The summed E-state index contributed by atoms with van der Waals surface area (Å²) in [5.74, 6) is 0. The summed E-state index contributed by atoms with van der Waals surface area (Å²) >= 11 is 0. The van der Waals surface area contributed by atoms with E-state index in [0.29, 0.717) is 0 Å². The van der Waals surface area contributed by atoms with Crippen molar-refractivity contribution >= 4 is 0 Å². The van der Waals surface area contributed by atoms with Gasteiger partial charge in [0.25, 0.3) is 0 Å². The Bertz CT molecular complexity index is 41.2. The summed E-state index contributed by atoms with van der Waals surface area (Å²) in [6, 6.07) is 0. The van der Waals surface area contributed by atoms with Crippen molar-refractivity contribution in [3.8, 4) is 0 Å². The van der Waals surface area contributed by atoms with Gasteiger partial charge in [-0.1, -0.05) is 0 Å². The van der Waals surface area contributed by atoms with Gasteiger partial charge in [-0.15, -0.1) is 0 Å². The van der Waals surface area contributed by atoms with Crippen molar-refractivity contribution in [2.45, 2.75) is 0 Å². The molecule has 0 unspecified atom stereocenters. The molecule has 1 heteroatoms. The van der Waals surface area contributed by atoms with Gasteiger partial charge in [0, 0.05) is 0 Å². The van der Waals surface area contributed by atoms with Crippen LogP contribution in [-0.2, 0) is 0 Å². The second-order valence-electron chi connectivity index (χ2n) is 0.321. The molecule has 0 aliphatic rings. The largest absolute Gasteiger partial charge is 0.272 e. The molecule has 0 saturated carbocycles. The fourth-order valence-corrected chi connectivity index (χ4v) is 0. The first-order valence-corrected chi connectivity index (χ1v) is 0.892. The van der Waals surface area contributed by atoms with Gasteiger partial charge in [-0.2, -0.15) is 0 Å². The van der Waals surface area contributed by atoms with Crippen LogP contribution in [0.2, 0.25) is 0 Å². The Morgan fingerprint density at radius 2 is 2.25 bits per heavy atom. The Morgan fingerprint density at radius 3 is 2.25 bits per heavy atom. The summed E-state index contributed by atoms with van der Waals surface area (Å²) in [5, 5.41) is 0. The van der Waals surface area contributed by atoms with Crippen LogP contribution in [0.4, 0.5) is 0 Å². The van der Waals surface area contributed by atoms with E-state index in [1.807, 2.05) is 0 Å². The maximum absolute atomic E-state index is 4.60. The van der Waals surface area contributed by atoms with Crippen molar-refractivity contribution in [2.75, 3.05) is 0 Å². The first-order valence-electron chi connectivity index (χ1n) is 0.892. The minimum Gasteiger partial charge on any atom is -0.272 e. The van der Waals surface area contributed by atoms with E-state index in [4.69, 9.17) is 0 Å². The average molecular weight is 54.1 g/mol. The molecule has 0 aromatic heterocycles. The number of hydrogen-bond acceptors (Lipinski definition) is 1. The molecule has 20 valence electrons. The third-order valence-corrected chi connectivity index (χ3v) is 0.102. The molecular weight excluding hydrogens is 50.0 g/mol. The van der Waals surface area contributed by atoms with Crippen LogP contribution in [0.5, 0.6) is 0 Å². The summed E-state index contributed by atoms with van der Waals surface area (Å²) in [6.07, 6.45) is 2.07. The highest BCUT2D eigenvalue weighted by Crippen LogP contribution is 1.27. The van der Waals surface area contributed by atoms with E-state index in [0.717, 1.165) is 0 Å². The fourth-order valence-electron chi connectivity index (χ4n) is 0. The number of rotatable bonds is 0. The normalized spacial score (nSPS) is 3.00. The lowest BCUT2D eigenvalue weighted by Gasteiger charge is -1.25. The zero-order chi connectivity index (χ0) is 3.41. The lowest BCUT2D eigenvalue weighted by atomic mass is 10.9. The molecule has 0 aromatic rings. The Balaban J connectivity index is 3.11. The average Bonchev–Trinajstić information content (AvgIpc) is 1.37. The summed E-state index contributed by atoms with van der Waals surface area (Å²) in [5.41, 5.74) is 6.81. The fraction of sp³-hybridized carbons (Fsp3) is 0. The Labute approximate surface area is 25.4 Å². The van der Waals surface area contributed by atoms with Crippen LogP contribution in [0.25, 0.3) is 0 Å². The standard InChI is InChI=1S/C3H4N/c1-2-3-4/h1,4H2/q+1. The van der Waals surface area contributed by atoms with Crippen molar-refractivity contribution < 1.29 is 0 Å². The summed E-state index contributed by atoms with van der Waals surface area (Å²) in [7, 11) is 0. The molecule has 0 heterocycles. The lowest BCUT2D eigenvalue weighted by Crippen LogP contribution is -1.70. The first-order chi connectivity index (χ1) is 1.91. The van der Waals surface area contributed by atoms with Crippen molar-refractivity contribution in [1.29, 1.82) is 0 Å². The number of nitrogens with two attached hydrogens (primary N) is 1. The first kappa shape index (κ1) is 3.23. The Morgan fingerprint density at radius 1 is 2.00 bits per heavy atom. The predicted molar refractivity (Wildman–Crippen MR) is 16.6 cm³/mol. The highest BCUT2D eigenvalue weighted by atomic mass is 14.5. The maximum Gasteiger partial charge on any atom is 0.242 e. The molecule has 0 aliphatic heterocycles. The molecule has 0 aromatic carbocycles. The molecule has 0 rings (SSSR count). The van der Waals surface area contributed by atoms with E-state index in [2.05, 4.69) is 24.2 Å². The van der Waals surface area contributed by atoms with Gasteiger partial charge < -0.3 is 0 Å². The quantitative estimate of drug-likeness (QED) is 0.236. The van der Waals surface area contributed by atoms with E-state index in [1.165, 1.54) is 0 Å². The highest BCUT2D eigenvalue weighted by Gasteiger charge is 1.41. The third-order valence-electron chi connectivity index (χ3n) is 0.102. The predicted octanol–water partition coefficient (Wildman–Crippen LogP) is 0.0469. The van der Waals surface area contributed by atoms with E-state index in [1.54, 1.807) is 0 Å². The minimum atomic E-state index is 2.07. The van der Waals surface area contributed by atoms with E-state index in [9.17, 15) is 0 Å². The van der Waals surface area contributed by atoms with Crippen molar-refractivity contribution in [3.05, 3.63) is 18.5 Å². The van der Waals surface area contributed by atoms with E-state index >= 15 is 0 Å². The van der Waals surface area contributed by atoms with Crippen molar-refractivity contribution in [2.24, 2.45) is 5.73 Å². The smallest absolute Gasteiger partial charge is 0.242 e. The van der Waals surface area contributed by atoms with Crippen LogP contribution >= 0.6 is 0 Å². The monoisotopic (exact) mass is 54.0 g/mol. The molecule has 2 N–H and O–H groups in total. The molecule has 4 heavy (non-hydrogen) atoms. The molecule has 0 bridgehead atoms. The van der Waals surface area contributed by atoms with Crippen LogP contribution in [0.15, 0.2) is 12.3 Å². The zero-order valence-corrected chi connectivity index (χ0v) is 2.28. The molecular formula is C3H4N+. The second kappa shape index (κ2) is 2.23. The molecule has 1 nitrogen and oxygen atoms in total. The van der Waals surface area contributed by atoms with Gasteiger partial charge in [-0.25, -0.2) is 0 Å². The van der Waals surface area contributed by atoms with Crippen molar-refractivity contribution in [3.63, 3.8) is 0 Å². The van der Waals surface area contributed by atoms with E-state index < -0.39 is 0 Å². The molecule has 0 amide bonds. The molecule has 0 saturated heterocycles. The van der Waals surface area contributed by atoms with Crippen LogP contribution in [0.1, 0.15) is 0 Å². The topological polar surface area (TPSA) is 26.0 Å². The maximum atomic E-state index is 4.60. The van der Waals surface area contributed by atoms with Gasteiger partial charge in [0.1, 0.15) is 0 Å². The van der Waals surface area contributed by atoms with Gasteiger partial charge in [-0.05, 0) is 0 Å². The van der Waals surface area contributed by atoms with Crippen LogP contribution in [0.3, 0.4) is 0 Å². The molecule has 0 aliphatic carbocycles. The molecule has 0 spiro atoms. The lowest BCUT2D eigenvalue weighted by molar-refractivity contribution is 1.55. The SMILES string of the molecule is C=C=[C+]N. The highest BCUT2D eigenvalue weighted by molar-refractivity contribution is 4.56. The van der Waals surface area contributed by atoms with Crippen LogP contribution in [-0.4, -0.2) is 0 Å². The second-order valence-corrected chi connectivity index (χ2v) is 0.321. The van der Waals surface area contributed by atoms with Gasteiger partial charge in [-0.3, -0.25) is 5.73 Å². The van der Waals surface area contributed by atoms with Gasteiger partial charge >= 0.3 is 0 Å². The zero-order valence-electron chi connectivity index (χ0n) is 2.28. The summed E-state index contributed by atoms with van der Waals surface area (Å²) < 4.78 is 0. The molecule has 0 atom stereocenters. The van der Waals surface area contributed by atoms with Crippen LogP contribution in [0, 0.1) is 6.20 Å². The van der Waals surface area contributed by atoms with Gasteiger partial charge in [0.15, 0.2) is 5.73 Å². The van der Waals surface area contributed by atoms with Crippen LogP contribution < -0.4 is 5.73 Å². The van der Waals surface area contributed by atoms with Gasteiger partial charge in [0.05, 0.1) is 6.58 Å². The van der Waals surface area contributed by atoms with Gasteiger partial charge in [0.2, 0.25) is 6.20 Å². The van der Waals surface area contributed by atoms with E-state index in [-0.39, 0.29) is 0 Å². The number of hydrogen-bond donors (Lipinski definition) is 1. The Hall–Kier alpha value is -0.770. The Kier molecular flexibility index (Phi) is 1.80. The molecule has 0 fully saturated rings. The van der Waals surface area contributed by atoms with Crippen molar-refractivity contribution in [1.82, 2.24) is 0 Å². The minimum absolute atomic E-state index is 2.07. The molecule has 0 radical (unpaired) electrons.